The summed E-state index contributed by atoms with van der Waals surface area (Å²) in [5.41, 5.74) is 31.2. The first-order valence-corrected chi connectivity index (χ1v) is 27.9. The number of benzene rings is 6. The standard InChI is InChI=1S/C17H18BrN3OS.C16H16BrNO2.C8H5BrO2.C8H11N.C4H8O.CH2Cl2.CH4N2S.BrH/c1-11-2-4-12(5-3-11)9-21-16(22)15-7-6-14(18)8-13(15)10-23-17(19)20;1-11-2-4-12(5-3-11)9-18-16(20)15-7-6-14(17)8-13(15)10-19;9-6-1-2-7-5(3-6)4-11-8(7)10;1-7-2-4-8(6-9)5-3-7;1-2-4-5-3-1;2-1-3;2-1(3)4;/h2-8H,9-10H2,1H3,(H3,19,20)(H,21,22);2-8,19H,9-10H2,1H3,(H,18,20);1-3H,4H2;2-5H,6,9H2,1H3;1-4H2;1H2;(H4,2,3,4);1H. The number of nitrogens with one attached hydrogen (secondary N) is 3. The molecule has 0 radical (unpaired) electrons. The second-order valence-corrected chi connectivity index (χ2v) is 21.2. The zero-order valence-electron chi connectivity index (χ0n) is 42.3. The molecule has 8 rings (SSSR count). The van der Waals surface area contributed by atoms with Crippen molar-refractivity contribution in [2.45, 2.75) is 72.2 Å². The molecule has 21 heteroatoms. The summed E-state index contributed by atoms with van der Waals surface area (Å²) in [5, 5.41) is 22.7. The van der Waals surface area contributed by atoms with Gasteiger partial charge in [0, 0.05) is 68.7 Å². The van der Waals surface area contributed by atoms with Crippen LogP contribution in [0.2, 0.25) is 0 Å². The van der Waals surface area contributed by atoms with Gasteiger partial charge in [0.2, 0.25) is 0 Å². The summed E-state index contributed by atoms with van der Waals surface area (Å²) < 4.78 is 12.5. The number of amidine groups is 1. The zero-order chi connectivity index (χ0) is 55.7. The molecule has 2 amide bonds. The van der Waals surface area contributed by atoms with Gasteiger partial charge in [0.05, 0.1) is 17.5 Å². The van der Waals surface area contributed by atoms with E-state index in [9.17, 15) is 19.5 Å². The van der Waals surface area contributed by atoms with E-state index < -0.39 is 0 Å². The topological polar surface area (TPSA) is 242 Å². The number of fused-ring (bicyclic) bond motifs is 1. The first kappa shape index (κ1) is 69.6. The summed E-state index contributed by atoms with van der Waals surface area (Å²) >= 11 is 24.9. The first-order chi connectivity index (χ1) is 35.8. The lowest BCUT2D eigenvalue weighted by Crippen LogP contribution is -2.24. The van der Waals surface area contributed by atoms with Crippen molar-refractivity contribution in [2.24, 2.45) is 22.9 Å². The number of aryl methyl sites for hydroxylation is 3. The quantitative estimate of drug-likeness (QED) is 0.0210. The van der Waals surface area contributed by atoms with E-state index in [0.717, 1.165) is 48.9 Å². The van der Waals surface area contributed by atoms with Crippen molar-refractivity contribution in [3.05, 3.63) is 208 Å². The lowest BCUT2D eigenvalue weighted by atomic mass is 10.1. The number of thiocarbonyl (C=S) groups is 1. The molecule has 6 aromatic rings. The highest BCUT2D eigenvalue weighted by Gasteiger charge is 2.20. The van der Waals surface area contributed by atoms with Gasteiger partial charge in [-0.1, -0.05) is 149 Å². The van der Waals surface area contributed by atoms with Crippen LogP contribution in [0.3, 0.4) is 0 Å². The van der Waals surface area contributed by atoms with Crippen LogP contribution in [0.25, 0.3) is 0 Å². The molecule has 2 aliphatic heterocycles. The molecule has 2 aliphatic rings. The minimum absolute atomic E-state index is 0. The Morgan fingerprint density at radius 2 is 1.08 bits per heavy atom. The van der Waals surface area contributed by atoms with Crippen molar-refractivity contribution in [1.29, 1.82) is 5.41 Å². The number of halogens is 6. The van der Waals surface area contributed by atoms with Crippen LogP contribution in [0.5, 0.6) is 0 Å². The van der Waals surface area contributed by atoms with Gasteiger partial charge in [-0.15, -0.1) is 40.2 Å². The Kier molecular flexibility index (Phi) is 36.6. The SMILES string of the molecule is Br.C1CCOC1.Cc1ccc(CN)cc1.Cc1ccc(CNC(=O)c2ccc(Br)cc2CO)cc1.Cc1ccc(CNC(=O)c2ccc(Br)cc2CSC(=N)N)cc1.ClCCl.NC(N)=S.O=C1OCc2cc(Br)ccc21. The zero-order valence-corrected chi connectivity index (χ0v) is 51.9. The molecule has 0 atom stereocenters. The number of carbonyl (C=O) groups excluding carboxylic acids is 3. The maximum Gasteiger partial charge on any atom is 0.338 e. The number of cyclic esters (lactones) is 1. The summed E-state index contributed by atoms with van der Waals surface area (Å²) in [6, 6.07) is 40.6. The molecule has 2 heterocycles. The highest BCUT2D eigenvalue weighted by Crippen LogP contribution is 2.24. The molecule has 410 valence electrons. The molecule has 0 bridgehead atoms. The predicted octanol–water partition coefficient (Wildman–Crippen LogP) is 12.6. The molecule has 0 unspecified atom stereocenters. The predicted molar refractivity (Wildman–Crippen MR) is 332 cm³/mol. The van der Waals surface area contributed by atoms with Gasteiger partial charge in [0.1, 0.15) is 6.61 Å². The van der Waals surface area contributed by atoms with E-state index in [-0.39, 0.29) is 57.0 Å². The Labute approximate surface area is 502 Å². The van der Waals surface area contributed by atoms with Crippen LogP contribution in [0.1, 0.15) is 94.0 Å². The van der Waals surface area contributed by atoms with E-state index in [0.29, 0.717) is 54.2 Å². The molecule has 0 aliphatic carbocycles. The number of hydrogen-bond acceptors (Lipinski definition) is 10. The lowest BCUT2D eigenvalue weighted by Gasteiger charge is -2.11. The molecule has 0 spiro atoms. The largest absolute Gasteiger partial charge is 0.457 e. The van der Waals surface area contributed by atoms with Gasteiger partial charge >= 0.3 is 5.97 Å². The maximum atomic E-state index is 12.4. The summed E-state index contributed by atoms with van der Waals surface area (Å²) in [6.07, 6.45) is 2.56. The number of aliphatic hydroxyl groups is 1. The first-order valence-electron chi connectivity index (χ1n) is 23.1. The van der Waals surface area contributed by atoms with Crippen LogP contribution in [0, 0.1) is 26.2 Å². The van der Waals surface area contributed by atoms with Crippen molar-refractivity contribution in [3.8, 4) is 0 Å². The van der Waals surface area contributed by atoms with Gasteiger partial charge in [-0.3, -0.25) is 15.0 Å². The number of hydrogen-bond donors (Lipinski definition) is 8. The minimum atomic E-state index is -0.215. The fourth-order valence-electron chi connectivity index (χ4n) is 6.28. The average molecular weight is 1370 g/mol. The fourth-order valence-corrected chi connectivity index (χ4v) is 8.05. The molecular weight excluding hydrogens is 1310 g/mol. The molecule has 12 N–H and O–H groups in total. The van der Waals surface area contributed by atoms with Crippen LogP contribution in [-0.4, -0.2) is 51.7 Å². The fraction of sp³-hybridized carbons (Fsp3) is 0.255. The Morgan fingerprint density at radius 1 is 0.684 bits per heavy atom. The normalized spacial score (nSPS) is 11.2. The van der Waals surface area contributed by atoms with E-state index in [4.69, 9.17) is 49.6 Å². The number of thioether (sulfide) groups is 1. The van der Waals surface area contributed by atoms with E-state index >= 15 is 0 Å². The lowest BCUT2D eigenvalue weighted by molar-refractivity contribution is 0.0534. The minimum Gasteiger partial charge on any atom is -0.457 e. The number of nitrogens with two attached hydrogens (primary N) is 4. The van der Waals surface area contributed by atoms with Gasteiger partial charge in [0.25, 0.3) is 11.8 Å². The van der Waals surface area contributed by atoms with Gasteiger partial charge < -0.3 is 48.1 Å². The molecular formula is C55H65Br4Cl2N7O6S2. The van der Waals surface area contributed by atoms with Crippen LogP contribution < -0.4 is 33.6 Å². The third kappa shape index (κ3) is 29.4. The Bertz CT molecular complexity index is 2720. The van der Waals surface area contributed by atoms with Gasteiger partial charge in [-0.05, 0) is 128 Å². The Morgan fingerprint density at radius 3 is 1.47 bits per heavy atom. The number of esters is 1. The second-order valence-electron chi connectivity index (χ2n) is 16.1. The third-order valence-corrected chi connectivity index (χ3v) is 12.4. The van der Waals surface area contributed by atoms with Crippen LogP contribution in [-0.2, 0) is 48.1 Å². The second kappa shape index (κ2) is 39.9. The maximum absolute atomic E-state index is 12.4. The number of aliphatic hydroxyl groups excluding tert-OH is 1. The van der Waals surface area contributed by atoms with Crippen molar-refractivity contribution in [3.63, 3.8) is 0 Å². The molecule has 6 aromatic carbocycles. The van der Waals surface area contributed by atoms with Crippen molar-refractivity contribution in [2.75, 3.05) is 18.6 Å². The van der Waals surface area contributed by atoms with E-state index in [1.165, 1.54) is 46.9 Å². The van der Waals surface area contributed by atoms with E-state index in [1.807, 2.05) is 86.6 Å². The number of carbonyl (C=O) groups is 3. The summed E-state index contributed by atoms with van der Waals surface area (Å²) in [5.74, 6) is -0.0333. The van der Waals surface area contributed by atoms with Crippen LogP contribution in [0.4, 0.5) is 0 Å². The molecule has 0 saturated carbocycles. The summed E-state index contributed by atoms with van der Waals surface area (Å²) in [6.45, 7) is 9.97. The Hall–Kier alpha value is -4.38. The van der Waals surface area contributed by atoms with E-state index in [2.05, 4.69) is 113 Å². The smallest absolute Gasteiger partial charge is 0.338 e. The van der Waals surface area contributed by atoms with Crippen LogP contribution in [0.15, 0.2) is 141 Å². The number of amides is 2. The van der Waals surface area contributed by atoms with Crippen molar-refractivity contribution in [1.82, 2.24) is 10.6 Å². The molecule has 0 aromatic heterocycles. The molecule has 76 heavy (non-hydrogen) atoms. The summed E-state index contributed by atoms with van der Waals surface area (Å²) in [4.78, 5) is 35.5. The van der Waals surface area contributed by atoms with E-state index in [1.54, 1.807) is 30.3 Å². The molecule has 1 saturated heterocycles. The third-order valence-electron chi connectivity index (χ3n) is 10.2. The highest BCUT2D eigenvalue weighted by molar-refractivity contribution is 9.11. The van der Waals surface area contributed by atoms with Crippen molar-refractivity contribution < 1.29 is 29.0 Å². The average Bonchev–Trinajstić information content (AvgIpc) is 4.10. The number of alkyl halides is 2. The van der Waals surface area contributed by atoms with Gasteiger partial charge in [0.15, 0.2) is 10.3 Å². The Balaban J connectivity index is 0.000000489. The monoisotopic (exact) mass is 1370 g/mol. The van der Waals surface area contributed by atoms with Crippen LogP contribution >= 0.6 is 112 Å². The van der Waals surface area contributed by atoms with Gasteiger partial charge in [-0.2, -0.15) is 0 Å². The van der Waals surface area contributed by atoms with Gasteiger partial charge in [-0.25, -0.2) is 4.79 Å². The number of ether oxygens (including phenoxy) is 2. The highest BCUT2D eigenvalue weighted by atomic mass is 79.9. The number of rotatable bonds is 10. The van der Waals surface area contributed by atoms with Crippen molar-refractivity contribution >= 4 is 140 Å². The molecule has 1 fully saturated rings. The molecule has 13 nitrogen and oxygen atoms in total. The summed E-state index contributed by atoms with van der Waals surface area (Å²) in [7, 11) is 0.